The predicted molar refractivity (Wildman–Crippen MR) is 84.6 cm³/mol. The van der Waals surface area contributed by atoms with Gasteiger partial charge in [0.1, 0.15) is 5.56 Å². The van der Waals surface area contributed by atoms with Gasteiger partial charge in [0.2, 0.25) is 5.91 Å². The van der Waals surface area contributed by atoms with Gasteiger partial charge in [-0.2, -0.15) is 13.8 Å². The van der Waals surface area contributed by atoms with Crippen LogP contribution >= 0.6 is 0 Å². The summed E-state index contributed by atoms with van der Waals surface area (Å²) >= 11 is 0. The molecular formula is C18H14F4N2O. The first kappa shape index (κ1) is 18.5. The van der Waals surface area contributed by atoms with Crippen molar-refractivity contribution in [3.8, 4) is 11.8 Å². The molecule has 1 unspecified atom stereocenters. The molecule has 0 saturated heterocycles. The number of anilines is 1. The highest BCUT2D eigenvalue weighted by Gasteiger charge is 2.19. The molecule has 1 atom stereocenters. The Morgan fingerprint density at radius 2 is 1.64 bits per heavy atom. The normalized spacial score (nSPS) is 11.4. The second-order valence-corrected chi connectivity index (χ2v) is 5.32. The van der Waals surface area contributed by atoms with Crippen molar-refractivity contribution in [2.45, 2.75) is 20.3 Å². The first-order valence-corrected chi connectivity index (χ1v) is 7.46. The Labute approximate surface area is 142 Å². The lowest BCUT2D eigenvalue weighted by Crippen LogP contribution is -2.19. The molecule has 0 saturated carbocycles. The molecule has 25 heavy (non-hydrogen) atoms. The molecule has 0 aliphatic rings. The second kappa shape index (κ2) is 7.79. The van der Waals surface area contributed by atoms with E-state index in [1.54, 1.807) is 19.1 Å². The molecule has 1 heterocycles. The van der Waals surface area contributed by atoms with Crippen LogP contribution in [0.5, 0.6) is 0 Å². The van der Waals surface area contributed by atoms with Gasteiger partial charge in [0, 0.05) is 17.2 Å². The summed E-state index contributed by atoms with van der Waals surface area (Å²) in [6.07, 6.45) is 0.700. The Hall–Kier alpha value is -2.88. The van der Waals surface area contributed by atoms with E-state index in [1.807, 2.05) is 6.92 Å². The van der Waals surface area contributed by atoms with Crippen molar-refractivity contribution in [3.63, 3.8) is 0 Å². The lowest BCUT2D eigenvalue weighted by molar-refractivity contribution is -0.119. The fourth-order valence-corrected chi connectivity index (χ4v) is 1.82. The summed E-state index contributed by atoms with van der Waals surface area (Å²) in [6.45, 7) is 3.69. The molecule has 0 aliphatic heterocycles. The zero-order chi connectivity index (χ0) is 18.6. The van der Waals surface area contributed by atoms with Gasteiger partial charge in [-0.25, -0.2) is 8.78 Å². The predicted octanol–water partition coefficient (Wildman–Crippen LogP) is 4.02. The summed E-state index contributed by atoms with van der Waals surface area (Å²) in [5, 5.41) is 2.71. The maximum Gasteiger partial charge on any atom is 0.253 e. The number of halogens is 4. The molecule has 1 N–H and O–H groups in total. The first-order valence-electron chi connectivity index (χ1n) is 7.46. The minimum atomic E-state index is -1.76. The quantitative estimate of drug-likeness (QED) is 0.516. The highest BCUT2D eigenvalue weighted by molar-refractivity contribution is 5.92. The van der Waals surface area contributed by atoms with Crippen LogP contribution in [0.25, 0.3) is 0 Å². The van der Waals surface area contributed by atoms with Crippen molar-refractivity contribution in [1.29, 1.82) is 0 Å². The van der Waals surface area contributed by atoms with Crippen LogP contribution < -0.4 is 5.32 Å². The fraction of sp³-hybridized carbons (Fsp3) is 0.222. The number of nitrogens with zero attached hydrogens (tertiary/aromatic N) is 1. The van der Waals surface area contributed by atoms with Crippen LogP contribution in [0.4, 0.5) is 23.2 Å². The van der Waals surface area contributed by atoms with Gasteiger partial charge in [-0.05, 0) is 30.7 Å². The molecule has 0 bridgehead atoms. The van der Waals surface area contributed by atoms with Crippen LogP contribution in [-0.4, -0.2) is 10.9 Å². The number of hydrogen-bond acceptors (Lipinski definition) is 2. The number of nitrogens with one attached hydrogen (secondary N) is 1. The number of rotatable bonds is 3. The summed E-state index contributed by atoms with van der Waals surface area (Å²) in [7, 11) is 0. The number of carbonyl (C=O) groups is 1. The van der Waals surface area contributed by atoms with E-state index in [0.717, 1.165) is 0 Å². The van der Waals surface area contributed by atoms with Crippen molar-refractivity contribution in [1.82, 2.24) is 4.98 Å². The van der Waals surface area contributed by atoms with E-state index >= 15 is 0 Å². The zero-order valence-electron chi connectivity index (χ0n) is 13.5. The van der Waals surface area contributed by atoms with Crippen molar-refractivity contribution in [2.75, 3.05) is 5.32 Å². The second-order valence-electron chi connectivity index (χ2n) is 5.32. The van der Waals surface area contributed by atoms with Crippen molar-refractivity contribution < 1.29 is 22.4 Å². The van der Waals surface area contributed by atoms with Crippen molar-refractivity contribution >= 4 is 11.6 Å². The Morgan fingerprint density at radius 1 is 1.08 bits per heavy atom. The third-order valence-corrected chi connectivity index (χ3v) is 3.54. The molecule has 0 fully saturated rings. The van der Waals surface area contributed by atoms with E-state index in [-0.39, 0.29) is 11.8 Å². The fourth-order valence-electron chi connectivity index (χ4n) is 1.82. The smallest absolute Gasteiger partial charge is 0.253 e. The average Bonchev–Trinajstić information content (AvgIpc) is 2.60. The maximum absolute atomic E-state index is 13.5. The molecule has 0 spiro atoms. The lowest BCUT2D eigenvalue weighted by Gasteiger charge is -2.09. The van der Waals surface area contributed by atoms with E-state index in [9.17, 15) is 22.4 Å². The molecule has 130 valence electrons. The van der Waals surface area contributed by atoms with Crippen LogP contribution in [0.2, 0.25) is 0 Å². The molecule has 1 aromatic heterocycles. The summed E-state index contributed by atoms with van der Waals surface area (Å²) in [6, 6.07) is 6.13. The van der Waals surface area contributed by atoms with E-state index in [1.165, 1.54) is 12.1 Å². The average molecular weight is 350 g/mol. The topological polar surface area (TPSA) is 42.0 Å². The Bertz CT molecular complexity index is 828. The summed E-state index contributed by atoms with van der Waals surface area (Å²) < 4.78 is 53.0. The Balaban J connectivity index is 2.21. The molecule has 0 aliphatic carbocycles. The monoisotopic (exact) mass is 350 g/mol. The van der Waals surface area contributed by atoms with Gasteiger partial charge in [0.15, 0.2) is 11.6 Å². The van der Waals surface area contributed by atoms with Gasteiger partial charge in [-0.15, -0.1) is 0 Å². The van der Waals surface area contributed by atoms with E-state index in [4.69, 9.17) is 0 Å². The number of hydrogen-bond donors (Lipinski definition) is 1. The number of pyridine rings is 1. The molecule has 0 radical (unpaired) electrons. The zero-order valence-corrected chi connectivity index (χ0v) is 13.5. The molecule has 3 nitrogen and oxygen atoms in total. The minimum Gasteiger partial charge on any atom is -0.326 e. The highest BCUT2D eigenvalue weighted by Crippen LogP contribution is 2.16. The van der Waals surface area contributed by atoms with E-state index in [2.05, 4.69) is 22.1 Å². The molecule has 1 aromatic carbocycles. The summed E-state index contributed by atoms with van der Waals surface area (Å²) in [4.78, 5) is 14.2. The van der Waals surface area contributed by atoms with Gasteiger partial charge < -0.3 is 5.32 Å². The number of aromatic nitrogens is 1. The maximum atomic E-state index is 13.5. The van der Waals surface area contributed by atoms with E-state index < -0.39 is 29.1 Å². The van der Waals surface area contributed by atoms with Gasteiger partial charge >= 0.3 is 0 Å². The molecule has 7 heteroatoms. The minimum absolute atomic E-state index is 0.131. The van der Waals surface area contributed by atoms with Gasteiger partial charge in [0.05, 0.1) is 0 Å². The standard InChI is InChI=1S/C18H14F4N2O/c1-3-10(2)18(25)23-12-7-4-11(5-8-12)6-9-13-14(19)16(21)24-17(22)15(13)20/h4-5,7-8,10H,3H2,1-2H3,(H,23,25). The van der Waals surface area contributed by atoms with Gasteiger partial charge in [-0.1, -0.05) is 25.7 Å². The Morgan fingerprint density at radius 3 is 2.16 bits per heavy atom. The SMILES string of the molecule is CCC(C)C(=O)Nc1ccc(C#Cc2c(F)c(F)nc(F)c2F)cc1. The summed E-state index contributed by atoms with van der Waals surface area (Å²) in [5.74, 6) is -2.62. The number of amides is 1. The highest BCUT2D eigenvalue weighted by atomic mass is 19.2. The summed E-state index contributed by atoms with van der Waals surface area (Å²) in [5.41, 5.74) is -0.147. The molecule has 2 rings (SSSR count). The van der Waals surface area contributed by atoms with Gasteiger partial charge in [-0.3, -0.25) is 4.79 Å². The molecule has 2 aromatic rings. The van der Waals surface area contributed by atoms with Gasteiger partial charge in [0.25, 0.3) is 11.9 Å². The van der Waals surface area contributed by atoms with Crippen LogP contribution in [0, 0.1) is 41.3 Å². The third-order valence-electron chi connectivity index (χ3n) is 3.54. The van der Waals surface area contributed by atoms with E-state index in [0.29, 0.717) is 17.7 Å². The Kier molecular flexibility index (Phi) is 5.75. The van der Waals surface area contributed by atoms with Crippen LogP contribution in [0.1, 0.15) is 31.4 Å². The number of benzene rings is 1. The third kappa shape index (κ3) is 4.35. The molecular weight excluding hydrogens is 336 g/mol. The van der Waals surface area contributed by atoms with Crippen LogP contribution in [-0.2, 0) is 4.79 Å². The molecule has 1 amide bonds. The van der Waals surface area contributed by atoms with Crippen molar-refractivity contribution in [2.24, 2.45) is 5.92 Å². The van der Waals surface area contributed by atoms with Crippen LogP contribution in [0.15, 0.2) is 24.3 Å². The number of carbonyl (C=O) groups excluding carboxylic acids is 1. The van der Waals surface area contributed by atoms with Crippen LogP contribution in [0.3, 0.4) is 0 Å². The van der Waals surface area contributed by atoms with Crippen molar-refractivity contribution in [3.05, 3.63) is 58.9 Å². The largest absolute Gasteiger partial charge is 0.326 e. The first-order chi connectivity index (χ1) is 11.8. The lowest BCUT2D eigenvalue weighted by atomic mass is 10.1.